The number of likely N-dealkylation sites (tertiary alicyclic amines) is 1. The first kappa shape index (κ1) is 16.2. The molecule has 0 radical (unpaired) electrons. The molecule has 0 N–H and O–H groups in total. The van der Waals surface area contributed by atoms with Gasteiger partial charge in [-0.2, -0.15) is 0 Å². The standard InChI is InChI=1S/C18H26FNO/c1-3-18(4-2)9-12-20(13-10-18)11-8-17(21)15-6-5-7-16(19)14-15/h5-7,14H,3-4,8-13H2,1-2H3. The number of halogens is 1. The van der Waals surface area contributed by atoms with Gasteiger partial charge in [0.25, 0.3) is 0 Å². The lowest BCUT2D eigenvalue weighted by atomic mass is 9.74. The summed E-state index contributed by atoms with van der Waals surface area (Å²) in [5, 5.41) is 0. The van der Waals surface area contributed by atoms with Crippen molar-refractivity contribution in [1.82, 2.24) is 4.90 Å². The number of ketones is 1. The van der Waals surface area contributed by atoms with E-state index in [9.17, 15) is 9.18 Å². The van der Waals surface area contributed by atoms with Gasteiger partial charge in [-0.3, -0.25) is 4.79 Å². The summed E-state index contributed by atoms with van der Waals surface area (Å²) < 4.78 is 13.1. The van der Waals surface area contributed by atoms with Crippen LogP contribution < -0.4 is 0 Å². The predicted molar refractivity (Wildman–Crippen MR) is 84.0 cm³/mol. The van der Waals surface area contributed by atoms with Crippen molar-refractivity contribution in [3.8, 4) is 0 Å². The second-order valence-electron chi connectivity index (χ2n) is 6.23. The van der Waals surface area contributed by atoms with Crippen LogP contribution in [-0.2, 0) is 0 Å². The van der Waals surface area contributed by atoms with Gasteiger partial charge in [-0.25, -0.2) is 4.39 Å². The highest BCUT2D eigenvalue weighted by atomic mass is 19.1. The molecule has 2 rings (SSSR count). The van der Waals surface area contributed by atoms with E-state index in [0.717, 1.165) is 19.6 Å². The molecule has 1 saturated heterocycles. The van der Waals surface area contributed by atoms with Crippen LogP contribution in [0.15, 0.2) is 24.3 Å². The molecule has 0 unspecified atom stereocenters. The van der Waals surface area contributed by atoms with Gasteiger partial charge in [-0.1, -0.05) is 38.8 Å². The van der Waals surface area contributed by atoms with Gasteiger partial charge in [0.05, 0.1) is 0 Å². The Labute approximate surface area is 127 Å². The van der Waals surface area contributed by atoms with Crippen molar-refractivity contribution < 1.29 is 9.18 Å². The normalized spacial score (nSPS) is 18.6. The second-order valence-corrected chi connectivity index (χ2v) is 6.23. The lowest BCUT2D eigenvalue weighted by molar-refractivity contribution is 0.0841. The molecular weight excluding hydrogens is 265 g/mol. The fourth-order valence-corrected chi connectivity index (χ4v) is 3.27. The van der Waals surface area contributed by atoms with E-state index in [2.05, 4.69) is 18.7 Å². The fraction of sp³-hybridized carbons (Fsp3) is 0.611. The Hall–Kier alpha value is -1.22. The SMILES string of the molecule is CCC1(CC)CCN(CCC(=O)c2cccc(F)c2)CC1. The minimum atomic E-state index is -0.338. The van der Waals surface area contributed by atoms with Crippen molar-refractivity contribution in [1.29, 1.82) is 0 Å². The molecule has 0 aliphatic carbocycles. The maximum atomic E-state index is 13.1. The summed E-state index contributed by atoms with van der Waals surface area (Å²) in [5.41, 5.74) is 1.01. The van der Waals surface area contributed by atoms with Crippen LogP contribution in [0.5, 0.6) is 0 Å². The third kappa shape index (κ3) is 4.13. The van der Waals surface area contributed by atoms with Crippen LogP contribution in [-0.4, -0.2) is 30.3 Å². The Morgan fingerprint density at radius 3 is 2.48 bits per heavy atom. The Morgan fingerprint density at radius 1 is 1.24 bits per heavy atom. The lowest BCUT2D eigenvalue weighted by Gasteiger charge is -2.41. The number of benzene rings is 1. The highest BCUT2D eigenvalue weighted by Crippen LogP contribution is 2.37. The van der Waals surface area contributed by atoms with Gasteiger partial charge in [-0.15, -0.1) is 0 Å². The zero-order chi connectivity index (χ0) is 15.3. The van der Waals surface area contributed by atoms with E-state index in [-0.39, 0.29) is 11.6 Å². The van der Waals surface area contributed by atoms with Crippen molar-refractivity contribution in [2.75, 3.05) is 19.6 Å². The third-order valence-electron chi connectivity index (χ3n) is 5.22. The fourth-order valence-electron chi connectivity index (χ4n) is 3.27. The molecule has 1 heterocycles. The Bertz CT molecular complexity index is 472. The zero-order valence-electron chi connectivity index (χ0n) is 13.2. The van der Waals surface area contributed by atoms with Gasteiger partial charge in [0, 0.05) is 18.5 Å². The van der Waals surface area contributed by atoms with Gasteiger partial charge in [0.1, 0.15) is 5.82 Å². The molecule has 116 valence electrons. The smallest absolute Gasteiger partial charge is 0.164 e. The first-order chi connectivity index (χ1) is 10.1. The second kappa shape index (κ2) is 7.17. The molecule has 0 amide bonds. The van der Waals surface area contributed by atoms with Crippen LogP contribution in [0, 0.1) is 11.2 Å². The summed E-state index contributed by atoms with van der Waals surface area (Å²) in [5.74, 6) is -0.299. The molecule has 0 atom stereocenters. The van der Waals surface area contributed by atoms with E-state index in [1.807, 2.05) is 0 Å². The molecule has 0 bridgehead atoms. The Balaban J connectivity index is 1.81. The van der Waals surface area contributed by atoms with Crippen LogP contribution in [0.2, 0.25) is 0 Å². The average molecular weight is 291 g/mol. The van der Waals surface area contributed by atoms with Gasteiger partial charge in [-0.05, 0) is 43.5 Å². The molecule has 0 aromatic heterocycles. The van der Waals surface area contributed by atoms with Gasteiger partial charge >= 0.3 is 0 Å². The molecule has 1 fully saturated rings. The largest absolute Gasteiger partial charge is 0.303 e. The number of carbonyl (C=O) groups excluding carboxylic acids is 1. The third-order valence-corrected chi connectivity index (χ3v) is 5.22. The molecule has 1 aliphatic rings. The lowest BCUT2D eigenvalue weighted by Crippen LogP contribution is -2.40. The number of piperidine rings is 1. The molecular formula is C18H26FNO. The van der Waals surface area contributed by atoms with Crippen molar-refractivity contribution in [3.05, 3.63) is 35.6 Å². The van der Waals surface area contributed by atoms with Crippen LogP contribution >= 0.6 is 0 Å². The number of carbonyl (C=O) groups is 1. The molecule has 1 aromatic rings. The average Bonchev–Trinajstić information content (AvgIpc) is 2.53. The van der Waals surface area contributed by atoms with E-state index < -0.39 is 0 Å². The van der Waals surface area contributed by atoms with Gasteiger partial charge < -0.3 is 4.90 Å². The first-order valence-electron chi connectivity index (χ1n) is 8.10. The number of hydrogen-bond acceptors (Lipinski definition) is 2. The van der Waals surface area contributed by atoms with E-state index in [4.69, 9.17) is 0 Å². The summed E-state index contributed by atoms with van der Waals surface area (Å²) in [6.07, 6.45) is 5.44. The minimum absolute atomic E-state index is 0.0392. The summed E-state index contributed by atoms with van der Waals surface area (Å²) in [7, 11) is 0. The quantitative estimate of drug-likeness (QED) is 0.728. The molecule has 1 aromatic carbocycles. The summed E-state index contributed by atoms with van der Waals surface area (Å²) in [4.78, 5) is 14.5. The molecule has 2 nitrogen and oxygen atoms in total. The minimum Gasteiger partial charge on any atom is -0.303 e. The van der Waals surface area contributed by atoms with E-state index in [0.29, 0.717) is 17.4 Å². The number of rotatable bonds is 6. The summed E-state index contributed by atoms with van der Waals surface area (Å²) >= 11 is 0. The molecule has 1 aliphatic heterocycles. The van der Waals surface area contributed by atoms with Gasteiger partial charge in [0.2, 0.25) is 0 Å². The van der Waals surface area contributed by atoms with Crippen LogP contribution in [0.4, 0.5) is 4.39 Å². The summed E-state index contributed by atoms with van der Waals surface area (Å²) in [6.45, 7) is 7.52. The number of nitrogens with zero attached hydrogens (tertiary/aromatic N) is 1. The Morgan fingerprint density at radius 2 is 1.90 bits per heavy atom. The van der Waals surface area contributed by atoms with Crippen molar-refractivity contribution in [2.45, 2.75) is 46.0 Å². The molecule has 0 saturated carbocycles. The maximum absolute atomic E-state index is 13.1. The van der Waals surface area contributed by atoms with Crippen molar-refractivity contribution in [2.24, 2.45) is 5.41 Å². The van der Waals surface area contributed by atoms with Crippen LogP contribution in [0.25, 0.3) is 0 Å². The van der Waals surface area contributed by atoms with E-state index >= 15 is 0 Å². The number of Topliss-reactive ketones (excluding diaryl/α,β-unsaturated/α-hetero) is 1. The summed E-state index contributed by atoms with van der Waals surface area (Å²) in [6, 6.07) is 6.00. The monoisotopic (exact) mass is 291 g/mol. The molecule has 21 heavy (non-hydrogen) atoms. The highest BCUT2D eigenvalue weighted by molar-refractivity contribution is 5.96. The van der Waals surface area contributed by atoms with Gasteiger partial charge in [0.15, 0.2) is 5.78 Å². The zero-order valence-corrected chi connectivity index (χ0v) is 13.2. The highest BCUT2D eigenvalue weighted by Gasteiger charge is 2.31. The number of hydrogen-bond donors (Lipinski definition) is 0. The maximum Gasteiger partial charge on any atom is 0.164 e. The molecule has 0 spiro atoms. The van der Waals surface area contributed by atoms with Crippen LogP contribution in [0.3, 0.4) is 0 Å². The first-order valence-corrected chi connectivity index (χ1v) is 8.10. The van der Waals surface area contributed by atoms with E-state index in [1.54, 1.807) is 12.1 Å². The van der Waals surface area contributed by atoms with E-state index in [1.165, 1.54) is 37.8 Å². The predicted octanol–water partition coefficient (Wildman–Crippen LogP) is 4.30. The topological polar surface area (TPSA) is 20.3 Å². The van der Waals surface area contributed by atoms with Crippen molar-refractivity contribution in [3.63, 3.8) is 0 Å². The Kier molecular flexibility index (Phi) is 5.51. The molecule has 3 heteroatoms. The van der Waals surface area contributed by atoms with Crippen LogP contribution in [0.1, 0.15) is 56.3 Å². The van der Waals surface area contributed by atoms with Crippen molar-refractivity contribution >= 4 is 5.78 Å².